The molecular formula is C60H38. The van der Waals surface area contributed by atoms with E-state index >= 15 is 0 Å². The van der Waals surface area contributed by atoms with Crippen LogP contribution in [0.1, 0.15) is 34.6 Å². The molecule has 0 saturated carbocycles. The van der Waals surface area contributed by atoms with Crippen LogP contribution in [0.4, 0.5) is 0 Å². The average Bonchev–Trinajstić information content (AvgIpc) is 3.64. The topological polar surface area (TPSA) is 0 Å². The Morgan fingerprint density at radius 2 is 0.817 bits per heavy atom. The molecule has 60 heavy (non-hydrogen) atoms. The average molecular weight is 759 g/mol. The summed E-state index contributed by atoms with van der Waals surface area (Å²) < 4.78 is 0. The molecule has 1 unspecified atom stereocenters. The van der Waals surface area contributed by atoms with E-state index in [9.17, 15) is 0 Å². The van der Waals surface area contributed by atoms with Gasteiger partial charge in [-0.15, -0.1) is 0 Å². The minimum absolute atomic E-state index is 0.370. The quantitative estimate of drug-likeness (QED) is 0.157. The molecule has 11 aromatic rings. The third kappa shape index (κ3) is 4.92. The van der Waals surface area contributed by atoms with Crippen LogP contribution < -0.4 is 0 Å². The molecule has 0 spiro atoms. The van der Waals surface area contributed by atoms with Crippen LogP contribution in [0.2, 0.25) is 0 Å². The summed E-state index contributed by atoms with van der Waals surface area (Å²) in [5, 5.41) is 12.7. The lowest BCUT2D eigenvalue weighted by atomic mass is 9.76. The molecule has 0 amide bonds. The third-order valence-corrected chi connectivity index (χ3v) is 13.6. The molecule has 0 aliphatic heterocycles. The smallest absolute Gasteiger partial charge is 0.0143 e. The Hall–Kier alpha value is -7.54. The van der Waals surface area contributed by atoms with Gasteiger partial charge in [-0.3, -0.25) is 0 Å². The summed E-state index contributed by atoms with van der Waals surface area (Å²) in [5.74, 6) is 0.370. The molecule has 0 radical (unpaired) electrons. The van der Waals surface area contributed by atoms with Crippen molar-refractivity contribution in [3.8, 4) is 44.5 Å². The molecule has 1 atom stereocenters. The molecule has 2 aliphatic rings. The molecular weight excluding hydrogens is 721 g/mol. The van der Waals surface area contributed by atoms with Gasteiger partial charge >= 0.3 is 0 Å². The summed E-state index contributed by atoms with van der Waals surface area (Å²) in [6.07, 6.45) is 3.54. The standard InChI is InChI=1S/C60H38/c1-2-15-40-34-43(27-26-37(40)12-1)58-54-30-28-42(47-23-10-17-39-14-4-6-19-45(39)47)36-57(54)60(53-33-32-52-49-21-8-7-20-48(49)50-24-11-25-51(53)59(50)52)55-31-29-41(35-56(55)58)46-22-9-16-38-13-3-5-18-44(38)46/h1-31,33-36,52H,32H2. The van der Waals surface area contributed by atoms with E-state index < -0.39 is 0 Å². The van der Waals surface area contributed by atoms with Gasteiger partial charge in [0, 0.05) is 5.92 Å². The van der Waals surface area contributed by atoms with Crippen molar-refractivity contribution in [2.45, 2.75) is 12.3 Å². The van der Waals surface area contributed by atoms with Crippen molar-refractivity contribution in [2.75, 3.05) is 0 Å². The number of hydrogen-bond acceptors (Lipinski definition) is 0. The molecule has 2 aliphatic carbocycles. The van der Waals surface area contributed by atoms with Crippen LogP contribution >= 0.6 is 0 Å². The first-order valence-corrected chi connectivity index (χ1v) is 21.2. The second kappa shape index (κ2) is 13.0. The van der Waals surface area contributed by atoms with Gasteiger partial charge in [0.2, 0.25) is 0 Å². The van der Waals surface area contributed by atoms with Crippen LogP contribution in [-0.2, 0) is 0 Å². The predicted octanol–water partition coefficient (Wildman–Crippen LogP) is 16.4. The molecule has 11 aromatic carbocycles. The van der Waals surface area contributed by atoms with Crippen LogP contribution in [0.5, 0.6) is 0 Å². The molecule has 0 bridgehead atoms. The highest BCUT2D eigenvalue weighted by Gasteiger charge is 2.34. The Morgan fingerprint density at radius 1 is 0.300 bits per heavy atom. The Kier molecular flexibility index (Phi) is 7.23. The maximum atomic E-state index is 2.56. The van der Waals surface area contributed by atoms with Gasteiger partial charge in [0.15, 0.2) is 0 Å². The lowest BCUT2D eigenvalue weighted by Crippen LogP contribution is -2.07. The van der Waals surface area contributed by atoms with E-state index in [4.69, 9.17) is 0 Å². The maximum Gasteiger partial charge on any atom is 0.0143 e. The second-order valence-electron chi connectivity index (χ2n) is 16.6. The highest BCUT2D eigenvalue weighted by molar-refractivity contribution is 6.22. The Bertz CT molecular complexity index is 3630. The lowest BCUT2D eigenvalue weighted by molar-refractivity contribution is 0.840. The van der Waals surface area contributed by atoms with E-state index in [2.05, 4.69) is 212 Å². The summed E-state index contributed by atoms with van der Waals surface area (Å²) in [6.45, 7) is 0. The molecule has 0 N–H and O–H groups in total. The maximum absolute atomic E-state index is 2.56. The van der Waals surface area contributed by atoms with Crippen LogP contribution in [0.3, 0.4) is 0 Å². The summed E-state index contributed by atoms with van der Waals surface area (Å²) in [7, 11) is 0. The summed E-state index contributed by atoms with van der Waals surface area (Å²) in [5.41, 5.74) is 17.2. The van der Waals surface area contributed by atoms with Crippen molar-refractivity contribution >= 4 is 59.4 Å². The van der Waals surface area contributed by atoms with E-state index in [0.717, 1.165) is 6.42 Å². The fraction of sp³-hybridized carbons (Fsp3) is 0.0333. The fourth-order valence-electron chi connectivity index (χ4n) is 10.9. The van der Waals surface area contributed by atoms with E-state index in [1.54, 1.807) is 0 Å². The zero-order chi connectivity index (χ0) is 39.3. The highest BCUT2D eigenvalue weighted by atomic mass is 14.4. The Morgan fingerprint density at radius 3 is 1.55 bits per heavy atom. The van der Waals surface area contributed by atoms with E-state index in [1.807, 2.05) is 0 Å². The van der Waals surface area contributed by atoms with Crippen molar-refractivity contribution < 1.29 is 0 Å². The minimum Gasteiger partial charge on any atom is -0.0751 e. The fourth-order valence-corrected chi connectivity index (χ4v) is 10.9. The van der Waals surface area contributed by atoms with Crippen LogP contribution in [0.15, 0.2) is 212 Å². The first kappa shape index (κ1) is 33.4. The van der Waals surface area contributed by atoms with E-state index in [0.29, 0.717) is 5.92 Å². The van der Waals surface area contributed by atoms with Gasteiger partial charge in [0.25, 0.3) is 0 Å². The van der Waals surface area contributed by atoms with E-state index in [1.165, 1.54) is 126 Å². The number of fused-ring (bicyclic) bond motifs is 8. The number of benzene rings is 11. The lowest BCUT2D eigenvalue weighted by Gasteiger charge is -2.27. The molecule has 278 valence electrons. The van der Waals surface area contributed by atoms with Gasteiger partial charge in [0.05, 0.1) is 0 Å². The normalized spacial score (nSPS) is 14.2. The van der Waals surface area contributed by atoms with Crippen molar-refractivity contribution in [3.63, 3.8) is 0 Å². The molecule has 13 rings (SSSR count). The molecule has 0 aromatic heterocycles. The molecule has 0 heteroatoms. The van der Waals surface area contributed by atoms with Gasteiger partial charge in [-0.05, 0) is 151 Å². The molecule has 0 heterocycles. The highest BCUT2D eigenvalue weighted by Crippen LogP contribution is 2.55. The van der Waals surface area contributed by atoms with Gasteiger partial charge in [-0.1, -0.05) is 194 Å². The monoisotopic (exact) mass is 758 g/mol. The number of allylic oxidation sites excluding steroid dienone is 1. The second-order valence-corrected chi connectivity index (χ2v) is 16.6. The van der Waals surface area contributed by atoms with Crippen LogP contribution in [0.25, 0.3) is 104 Å². The molecule has 0 nitrogen and oxygen atoms in total. The van der Waals surface area contributed by atoms with Crippen molar-refractivity contribution in [3.05, 3.63) is 235 Å². The van der Waals surface area contributed by atoms with Gasteiger partial charge in [0.1, 0.15) is 0 Å². The minimum atomic E-state index is 0.370. The third-order valence-electron chi connectivity index (χ3n) is 13.6. The van der Waals surface area contributed by atoms with Crippen molar-refractivity contribution in [1.82, 2.24) is 0 Å². The molecule has 0 fully saturated rings. The first-order valence-electron chi connectivity index (χ1n) is 21.2. The Labute approximate surface area is 349 Å². The van der Waals surface area contributed by atoms with Crippen LogP contribution in [-0.4, -0.2) is 0 Å². The largest absolute Gasteiger partial charge is 0.0751 e. The molecule has 0 saturated heterocycles. The number of rotatable bonds is 4. The summed E-state index contributed by atoms with van der Waals surface area (Å²) in [6, 6.07) is 77.4. The van der Waals surface area contributed by atoms with Gasteiger partial charge < -0.3 is 0 Å². The predicted molar refractivity (Wildman–Crippen MR) is 256 cm³/mol. The first-order chi connectivity index (χ1) is 29.8. The van der Waals surface area contributed by atoms with Crippen molar-refractivity contribution in [1.29, 1.82) is 0 Å². The zero-order valence-electron chi connectivity index (χ0n) is 33.0. The van der Waals surface area contributed by atoms with Gasteiger partial charge in [-0.2, -0.15) is 0 Å². The SMILES string of the molecule is C1=C(c2c3cc(-c4cccc5ccccc45)ccc3c(-c3ccc4ccccc4c3)c3cc(-c4cccc5ccccc45)ccc23)c2cccc3c2C(C1)c1ccccc1-3. The van der Waals surface area contributed by atoms with Gasteiger partial charge in [-0.25, -0.2) is 0 Å². The zero-order valence-corrected chi connectivity index (χ0v) is 33.0. The van der Waals surface area contributed by atoms with E-state index in [-0.39, 0.29) is 0 Å². The number of hydrogen-bond donors (Lipinski definition) is 0. The van der Waals surface area contributed by atoms with Crippen LogP contribution in [0, 0.1) is 0 Å². The summed E-state index contributed by atoms with van der Waals surface area (Å²) >= 11 is 0. The van der Waals surface area contributed by atoms with Crippen molar-refractivity contribution in [2.24, 2.45) is 0 Å². The summed E-state index contributed by atoms with van der Waals surface area (Å²) in [4.78, 5) is 0. The Balaban J connectivity index is 1.17.